The highest BCUT2D eigenvalue weighted by Gasteiger charge is 2.34. The number of nitrogens with one attached hydrogen (secondary N) is 1. The lowest BCUT2D eigenvalue weighted by Crippen LogP contribution is -2.25. The lowest BCUT2D eigenvalue weighted by atomic mass is 9.79. The van der Waals surface area contributed by atoms with Crippen molar-refractivity contribution in [3.63, 3.8) is 0 Å². The predicted octanol–water partition coefficient (Wildman–Crippen LogP) is 5.22. The number of carbonyl (C=O) groups excluding carboxylic acids is 1. The molecule has 1 aromatic heterocycles. The van der Waals surface area contributed by atoms with Gasteiger partial charge in [-0.2, -0.15) is 0 Å². The number of benzene rings is 1. The second-order valence-corrected chi connectivity index (χ2v) is 8.49. The molecule has 0 radical (unpaired) electrons. The van der Waals surface area contributed by atoms with E-state index < -0.39 is 17.8 Å². The van der Waals surface area contributed by atoms with Gasteiger partial charge in [-0.15, -0.1) is 0 Å². The van der Waals surface area contributed by atoms with E-state index in [9.17, 15) is 22.8 Å². The monoisotopic (exact) mass is 448 g/mol. The summed E-state index contributed by atoms with van der Waals surface area (Å²) >= 11 is 0. The van der Waals surface area contributed by atoms with Crippen molar-refractivity contribution in [3.8, 4) is 0 Å². The van der Waals surface area contributed by atoms with E-state index in [1.807, 2.05) is 0 Å². The summed E-state index contributed by atoms with van der Waals surface area (Å²) in [6.07, 6.45) is 2.26. The van der Waals surface area contributed by atoms with Crippen LogP contribution in [0.5, 0.6) is 0 Å². The van der Waals surface area contributed by atoms with Crippen LogP contribution in [0.3, 0.4) is 0 Å². The zero-order chi connectivity index (χ0) is 23.3. The van der Waals surface area contributed by atoms with Gasteiger partial charge in [0.05, 0.1) is 5.92 Å². The quantitative estimate of drug-likeness (QED) is 0.580. The van der Waals surface area contributed by atoms with Gasteiger partial charge in [-0.05, 0) is 74.8 Å². The maximum absolute atomic E-state index is 14.9. The molecule has 32 heavy (non-hydrogen) atoms. The number of aromatic nitrogens is 1. The Morgan fingerprint density at radius 1 is 1.12 bits per heavy atom. The van der Waals surface area contributed by atoms with Crippen molar-refractivity contribution >= 4 is 11.9 Å². The Balaban J connectivity index is 1.61. The smallest absolute Gasteiger partial charge is 0.306 e. The summed E-state index contributed by atoms with van der Waals surface area (Å²) in [4.78, 5) is 27.6. The second-order valence-electron chi connectivity index (χ2n) is 8.49. The number of nitrogens with zero attached hydrogens (tertiary/aromatic N) is 1. The third-order valence-corrected chi connectivity index (χ3v) is 6.04. The van der Waals surface area contributed by atoms with E-state index in [0.29, 0.717) is 43.4 Å². The van der Waals surface area contributed by atoms with Gasteiger partial charge in [-0.1, -0.05) is 12.1 Å². The first-order chi connectivity index (χ1) is 15.1. The molecule has 1 amide bonds. The third-order valence-electron chi connectivity index (χ3n) is 6.04. The molecular weight excluding hydrogens is 421 g/mol. The minimum absolute atomic E-state index is 0.0814. The van der Waals surface area contributed by atoms with Crippen molar-refractivity contribution in [2.24, 2.45) is 11.8 Å². The number of carboxylic acid groups (broad SMARTS) is 1. The SMILES string of the molecule is Cc1cc(C(F)(F)CCC2CCC(C(=O)O)CC2)cc(C(=O)NCc2ccc(F)cc2)n1. The zero-order valence-corrected chi connectivity index (χ0v) is 17.9. The molecule has 1 aliphatic carbocycles. The Hall–Kier alpha value is -2.90. The van der Waals surface area contributed by atoms with Gasteiger partial charge >= 0.3 is 5.97 Å². The van der Waals surface area contributed by atoms with Crippen LogP contribution in [0.25, 0.3) is 0 Å². The van der Waals surface area contributed by atoms with Crippen LogP contribution >= 0.6 is 0 Å². The lowest BCUT2D eigenvalue weighted by molar-refractivity contribution is -0.143. The lowest BCUT2D eigenvalue weighted by Gasteiger charge is -2.27. The molecule has 1 aromatic carbocycles. The van der Waals surface area contributed by atoms with Crippen molar-refractivity contribution in [2.75, 3.05) is 0 Å². The number of halogens is 3. The zero-order valence-electron chi connectivity index (χ0n) is 17.9. The molecule has 0 aliphatic heterocycles. The predicted molar refractivity (Wildman–Crippen MR) is 113 cm³/mol. The molecule has 8 heteroatoms. The fourth-order valence-electron chi connectivity index (χ4n) is 4.10. The van der Waals surface area contributed by atoms with Crippen LogP contribution in [0.4, 0.5) is 13.2 Å². The summed E-state index contributed by atoms with van der Waals surface area (Å²) in [6.45, 7) is 1.68. The van der Waals surface area contributed by atoms with Gasteiger partial charge in [-0.3, -0.25) is 9.59 Å². The minimum Gasteiger partial charge on any atom is -0.481 e. The number of hydrogen-bond acceptors (Lipinski definition) is 3. The van der Waals surface area contributed by atoms with Crippen LogP contribution in [-0.4, -0.2) is 22.0 Å². The molecule has 5 nitrogen and oxygen atoms in total. The number of pyridine rings is 1. The molecule has 1 fully saturated rings. The van der Waals surface area contributed by atoms with Crippen LogP contribution in [0.1, 0.15) is 65.8 Å². The standard InChI is InChI=1S/C24H27F3N2O3/c1-15-12-19(24(26,27)11-10-16-2-6-18(7-3-16)23(31)32)13-21(29-15)22(30)28-14-17-4-8-20(25)9-5-17/h4-5,8-9,12-13,16,18H,2-3,6-7,10-11,14H2,1H3,(H,28,30)(H,31,32). The first kappa shape index (κ1) is 23.8. The van der Waals surface area contributed by atoms with Gasteiger partial charge in [0, 0.05) is 24.2 Å². The van der Waals surface area contributed by atoms with Gasteiger partial charge in [0.25, 0.3) is 11.8 Å². The Kier molecular flexibility index (Phi) is 7.53. The van der Waals surface area contributed by atoms with Crippen LogP contribution in [0.15, 0.2) is 36.4 Å². The number of hydrogen-bond donors (Lipinski definition) is 2. The van der Waals surface area contributed by atoms with E-state index in [-0.39, 0.29) is 41.9 Å². The van der Waals surface area contributed by atoms with E-state index in [1.165, 1.54) is 30.3 Å². The van der Waals surface area contributed by atoms with Gasteiger partial charge < -0.3 is 10.4 Å². The Labute approximate surface area is 185 Å². The van der Waals surface area contributed by atoms with Crippen LogP contribution in [0.2, 0.25) is 0 Å². The number of aryl methyl sites for hydroxylation is 1. The molecule has 172 valence electrons. The normalized spacial score (nSPS) is 18.9. The van der Waals surface area contributed by atoms with Crippen molar-refractivity contribution in [3.05, 3.63) is 64.7 Å². The Morgan fingerprint density at radius 2 is 1.78 bits per heavy atom. The van der Waals surface area contributed by atoms with Gasteiger partial charge in [0.1, 0.15) is 11.5 Å². The highest BCUT2D eigenvalue weighted by atomic mass is 19.3. The molecule has 0 saturated heterocycles. The highest BCUT2D eigenvalue weighted by molar-refractivity contribution is 5.92. The number of carboxylic acids is 1. The molecule has 1 saturated carbocycles. The molecule has 0 spiro atoms. The average molecular weight is 448 g/mol. The number of alkyl halides is 2. The maximum Gasteiger partial charge on any atom is 0.306 e. The van der Waals surface area contributed by atoms with Crippen molar-refractivity contribution < 1.29 is 27.9 Å². The summed E-state index contributed by atoms with van der Waals surface area (Å²) in [5.41, 5.74) is 0.645. The van der Waals surface area contributed by atoms with Gasteiger partial charge in [-0.25, -0.2) is 18.2 Å². The largest absolute Gasteiger partial charge is 0.481 e. The Bertz CT molecular complexity index is 955. The molecular formula is C24H27F3N2O3. The fraction of sp³-hybridized carbons (Fsp3) is 0.458. The first-order valence-electron chi connectivity index (χ1n) is 10.8. The molecule has 2 aromatic rings. The molecule has 2 N–H and O–H groups in total. The maximum atomic E-state index is 14.9. The minimum atomic E-state index is -3.12. The fourth-order valence-corrected chi connectivity index (χ4v) is 4.10. The van der Waals surface area contributed by atoms with Crippen molar-refractivity contribution in [2.45, 2.75) is 57.9 Å². The van der Waals surface area contributed by atoms with E-state index in [0.717, 1.165) is 6.07 Å². The summed E-state index contributed by atoms with van der Waals surface area (Å²) in [6, 6.07) is 8.02. The van der Waals surface area contributed by atoms with Crippen molar-refractivity contribution in [1.29, 1.82) is 0 Å². The van der Waals surface area contributed by atoms with E-state index in [4.69, 9.17) is 5.11 Å². The van der Waals surface area contributed by atoms with Crippen LogP contribution in [-0.2, 0) is 17.3 Å². The van der Waals surface area contributed by atoms with E-state index >= 15 is 0 Å². The molecule has 3 rings (SSSR count). The summed E-state index contributed by atoms with van der Waals surface area (Å²) in [5.74, 6) is -5.19. The molecule has 0 bridgehead atoms. The summed E-state index contributed by atoms with van der Waals surface area (Å²) < 4.78 is 42.9. The van der Waals surface area contributed by atoms with E-state index in [2.05, 4.69) is 10.3 Å². The molecule has 1 heterocycles. The van der Waals surface area contributed by atoms with Gasteiger partial charge in [0.15, 0.2) is 0 Å². The number of amides is 1. The van der Waals surface area contributed by atoms with Crippen LogP contribution < -0.4 is 5.32 Å². The third kappa shape index (κ3) is 6.31. The Morgan fingerprint density at radius 3 is 2.41 bits per heavy atom. The topological polar surface area (TPSA) is 79.3 Å². The van der Waals surface area contributed by atoms with Gasteiger partial charge in [0.2, 0.25) is 0 Å². The highest BCUT2D eigenvalue weighted by Crippen LogP contribution is 2.38. The number of aliphatic carboxylic acids is 1. The first-order valence-corrected chi connectivity index (χ1v) is 10.8. The number of carbonyl (C=O) groups is 2. The van der Waals surface area contributed by atoms with Crippen LogP contribution in [0, 0.1) is 24.6 Å². The molecule has 1 aliphatic rings. The molecule has 0 atom stereocenters. The summed E-state index contributed by atoms with van der Waals surface area (Å²) in [5, 5.41) is 11.7. The second kappa shape index (κ2) is 10.1. The van der Waals surface area contributed by atoms with E-state index in [1.54, 1.807) is 6.92 Å². The number of rotatable bonds is 8. The summed E-state index contributed by atoms with van der Waals surface area (Å²) in [7, 11) is 0. The molecule has 0 unspecified atom stereocenters. The van der Waals surface area contributed by atoms with Crippen molar-refractivity contribution in [1.82, 2.24) is 10.3 Å². The average Bonchev–Trinajstić information content (AvgIpc) is 2.77.